The van der Waals surface area contributed by atoms with Gasteiger partial charge in [-0.15, -0.1) is 11.6 Å². The summed E-state index contributed by atoms with van der Waals surface area (Å²) in [6, 6.07) is 0. The Labute approximate surface area is 76.2 Å². The fourth-order valence-corrected chi connectivity index (χ4v) is 2.74. The maximum absolute atomic E-state index is 11.0. The van der Waals surface area contributed by atoms with Gasteiger partial charge in [0.2, 0.25) is 0 Å². The van der Waals surface area contributed by atoms with Crippen molar-refractivity contribution in [2.45, 2.75) is 18.2 Å². The molecule has 0 heterocycles. The van der Waals surface area contributed by atoms with Gasteiger partial charge in [0, 0.05) is 5.92 Å². The molecule has 0 aromatic rings. The first-order valence-corrected chi connectivity index (χ1v) is 4.55. The van der Waals surface area contributed by atoms with Crippen LogP contribution in [0.25, 0.3) is 0 Å². The number of carboxylic acids is 1. The van der Waals surface area contributed by atoms with Crippen molar-refractivity contribution < 1.29 is 9.90 Å². The number of halogens is 1. The molecule has 0 radical (unpaired) electrons. The Morgan fingerprint density at radius 1 is 1.67 bits per heavy atom. The topological polar surface area (TPSA) is 37.3 Å². The number of hydrogen-bond acceptors (Lipinski definition) is 1. The molecule has 2 aliphatic rings. The molecule has 3 heteroatoms. The SMILES string of the molecule is C[C@@H]1[C@@H]2C=C[C@@H](C2)[C@]1(Cl)C(=O)O. The highest BCUT2D eigenvalue weighted by Gasteiger charge is 2.57. The van der Waals surface area contributed by atoms with Crippen LogP contribution in [-0.4, -0.2) is 16.0 Å². The van der Waals surface area contributed by atoms with Gasteiger partial charge in [0.25, 0.3) is 0 Å². The van der Waals surface area contributed by atoms with Crippen LogP contribution in [0.5, 0.6) is 0 Å². The van der Waals surface area contributed by atoms with Crippen LogP contribution >= 0.6 is 11.6 Å². The summed E-state index contributed by atoms with van der Waals surface area (Å²) in [4.78, 5) is 9.93. The van der Waals surface area contributed by atoms with Gasteiger partial charge in [-0.1, -0.05) is 19.1 Å². The molecule has 0 aromatic carbocycles. The lowest BCUT2D eigenvalue weighted by Gasteiger charge is -2.29. The lowest BCUT2D eigenvalue weighted by Crippen LogP contribution is -2.42. The smallest absolute Gasteiger partial charge is 0.325 e. The molecule has 0 saturated heterocycles. The summed E-state index contributed by atoms with van der Waals surface area (Å²) >= 11 is 6.10. The molecule has 2 rings (SSSR count). The second-order valence-electron chi connectivity index (χ2n) is 3.75. The van der Waals surface area contributed by atoms with Crippen molar-refractivity contribution in [1.82, 2.24) is 0 Å². The largest absolute Gasteiger partial charge is 0.480 e. The van der Waals surface area contributed by atoms with E-state index < -0.39 is 10.8 Å². The molecular weight excluding hydrogens is 176 g/mol. The van der Waals surface area contributed by atoms with Gasteiger partial charge in [-0.25, -0.2) is 0 Å². The summed E-state index contributed by atoms with van der Waals surface area (Å²) in [5.41, 5.74) is 0. The van der Waals surface area contributed by atoms with E-state index in [1.54, 1.807) is 0 Å². The van der Waals surface area contributed by atoms with Crippen LogP contribution in [0, 0.1) is 17.8 Å². The number of allylic oxidation sites excluding steroid dienone is 2. The Morgan fingerprint density at radius 2 is 2.33 bits per heavy atom. The van der Waals surface area contributed by atoms with Crippen molar-refractivity contribution in [3.05, 3.63) is 12.2 Å². The average Bonchev–Trinajstić information content (AvgIpc) is 2.55. The van der Waals surface area contributed by atoms with Crippen molar-refractivity contribution in [3.8, 4) is 0 Å². The molecule has 0 unspecified atom stereocenters. The van der Waals surface area contributed by atoms with E-state index >= 15 is 0 Å². The molecule has 2 aliphatic carbocycles. The van der Waals surface area contributed by atoms with Crippen LogP contribution < -0.4 is 0 Å². The van der Waals surface area contributed by atoms with Crippen LogP contribution in [0.1, 0.15) is 13.3 Å². The van der Waals surface area contributed by atoms with Gasteiger partial charge in [0.15, 0.2) is 4.87 Å². The van der Waals surface area contributed by atoms with Gasteiger partial charge in [0.05, 0.1) is 0 Å². The predicted octanol–water partition coefficient (Wildman–Crippen LogP) is 1.89. The second-order valence-corrected chi connectivity index (χ2v) is 4.38. The van der Waals surface area contributed by atoms with Crippen molar-refractivity contribution in [3.63, 3.8) is 0 Å². The predicted molar refractivity (Wildman–Crippen MR) is 46.1 cm³/mol. The number of carbonyl (C=O) groups is 1. The van der Waals surface area contributed by atoms with Crippen LogP contribution in [0.2, 0.25) is 0 Å². The molecule has 0 aromatic heterocycles. The van der Waals surface area contributed by atoms with E-state index in [0.717, 1.165) is 6.42 Å². The summed E-state index contributed by atoms with van der Waals surface area (Å²) in [5.74, 6) is -0.388. The molecule has 0 amide bonds. The van der Waals surface area contributed by atoms with Crippen molar-refractivity contribution in [2.75, 3.05) is 0 Å². The molecule has 12 heavy (non-hydrogen) atoms. The summed E-state index contributed by atoms with van der Waals surface area (Å²) in [5, 5.41) is 9.00. The Hall–Kier alpha value is -0.500. The minimum atomic E-state index is -1.03. The van der Waals surface area contributed by atoms with Gasteiger partial charge >= 0.3 is 5.97 Å². The van der Waals surface area contributed by atoms with Crippen LogP contribution in [-0.2, 0) is 4.79 Å². The highest BCUT2D eigenvalue weighted by atomic mass is 35.5. The Balaban J connectivity index is 2.39. The molecule has 0 spiro atoms. The van der Waals surface area contributed by atoms with Crippen LogP contribution in [0.3, 0.4) is 0 Å². The second kappa shape index (κ2) is 2.25. The molecule has 0 aliphatic heterocycles. The first-order valence-electron chi connectivity index (χ1n) is 4.17. The number of fused-ring (bicyclic) bond motifs is 2. The van der Waals surface area contributed by atoms with Gasteiger partial charge in [-0.3, -0.25) is 4.79 Å². The molecule has 2 nitrogen and oxygen atoms in total. The maximum Gasteiger partial charge on any atom is 0.325 e. The molecule has 1 fully saturated rings. The van der Waals surface area contributed by atoms with E-state index in [1.807, 2.05) is 13.0 Å². The van der Waals surface area contributed by atoms with Crippen molar-refractivity contribution in [2.24, 2.45) is 17.8 Å². The number of hydrogen-bond donors (Lipinski definition) is 1. The zero-order valence-electron chi connectivity index (χ0n) is 6.83. The lowest BCUT2D eigenvalue weighted by atomic mass is 9.84. The van der Waals surface area contributed by atoms with E-state index in [0.29, 0.717) is 5.92 Å². The van der Waals surface area contributed by atoms with E-state index in [4.69, 9.17) is 16.7 Å². The summed E-state index contributed by atoms with van der Waals surface area (Å²) in [6.07, 6.45) is 4.96. The monoisotopic (exact) mass is 186 g/mol. The van der Waals surface area contributed by atoms with Gasteiger partial charge in [-0.05, 0) is 18.3 Å². The first-order chi connectivity index (χ1) is 5.56. The third kappa shape index (κ3) is 0.738. The zero-order valence-corrected chi connectivity index (χ0v) is 7.58. The molecule has 2 bridgehead atoms. The van der Waals surface area contributed by atoms with Gasteiger partial charge in [-0.2, -0.15) is 0 Å². The number of carboxylic acid groups (broad SMARTS) is 1. The van der Waals surface area contributed by atoms with Crippen LogP contribution in [0.15, 0.2) is 12.2 Å². The first kappa shape index (κ1) is 8.11. The number of aliphatic carboxylic acids is 1. The Bertz CT molecular complexity index is 261. The highest BCUT2D eigenvalue weighted by molar-refractivity contribution is 6.34. The maximum atomic E-state index is 11.0. The number of alkyl halides is 1. The average molecular weight is 187 g/mol. The third-order valence-electron chi connectivity index (χ3n) is 3.29. The van der Waals surface area contributed by atoms with E-state index in [9.17, 15) is 4.79 Å². The van der Waals surface area contributed by atoms with Gasteiger partial charge in [0.1, 0.15) is 0 Å². The molecule has 66 valence electrons. The van der Waals surface area contributed by atoms with E-state index in [2.05, 4.69) is 6.08 Å². The van der Waals surface area contributed by atoms with Crippen molar-refractivity contribution in [1.29, 1.82) is 0 Å². The summed E-state index contributed by atoms with van der Waals surface area (Å²) in [6.45, 7) is 1.93. The third-order valence-corrected chi connectivity index (χ3v) is 4.08. The summed E-state index contributed by atoms with van der Waals surface area (Å²) < 4.78 is 0. The highest BCUT2D eigenvalue weighted by Crippen LogP contribution is 2.54. The lowest BCUT2D eigenvalue weighted by molar-refractivity contribution is -0.142. The van der Waals surface area contributed by atoms with Gasteiger partial charge < -0.3 is 5.11 Å². The summed E-state index contributed by atoms with van der Waals surface area (Å²) in [7, 11) is 0. The fourth-order valence-electron chi connectivity index (χ4n) is 2.41. The molecule has 1 saturated carbocycles. The molecule has 4 atom stereocenters. The normalized spacial score (nSPS) is 50.0. The Kier molecular flexibility index (Phi) is 1.52. The molecule has 1 N–H and O–H groups in total. The quantitative estimate of drug-likeness (QED) is 0.502. The minimum absolute atomic E-state index is 0.0386. The fraction of sp³-hybridized carbons (Fsp3) is 0.667. The van der Waals surface area contributed by atoms with E-state index in [1.165, 1.54) is 0 Å². The van der Waals surface area contributed by atoms with Crippen molar-refractivity contribution >= 4 is 17.6 Å². The zero-order chi connectivity index (χ0) is 8.93. The minimum Gasteiger partial charge on any atom is -0.480 e. The Morgan fingerprint density at radius 3 is 2.67 bits per heavy atom. The van der Waals surface area contributed by atoms with Crippen LogP contribution in [0.4, 0.5) is 0 Å². The number of rotatable bonds is 1. The molecular formula is C9H11ClO2. The standard InChI is InChI=1S/C9H11ClO2/c1-5-6-2-3-7(4-6)9(5,10)8(11)12/h2-3,5-7H,4H2,1H3,(H,11,12)/t5-,6-,7+,9+/m1/s1. The van der Waals surface area contributed by atoms with E-state index in [-0.39, 0.29) is 11.8 Å².